The number of amides is 2. The number of nitrogens with one attached hydrogen (secondary N) is 2. The fraction of sp³-hybridized carbons (Fsp3) is 0.263. The summed E-state index contributed by atoms with van der Waals surface area (Å²) >= 11 is 5.81. The van der Waals surface area contributed by atoms with Crippen molar-refractivity contribution >= 4 is 23.4 Å². The summed E-state index contributed by atoms with van der Waals surface area (Å²) in [6.07, 6.45) is 0.996. The van der Waals surface area contributed by atoms with Crippen molar-refractivity contribution in [3.8, 4) is 11.5 Å². The highest BCUT2D eigenvalue weighted by atomic mass is 35.5. The van der Waals surface area contributed by atoms with Gasteiger partial charge in [-0.25, -0.2) is 0 Å². The largest absolute Gasteiger partial charge is 0.493 e. The van der Waals surface area contributed by atoms with Crippen molar-refractivity contribution in [2.75, 3.05) is 13.7 Å². The second-order valence-electron chi connectivity index (χ2n) is 5.52. The topological polar surface area (TPSA) is 76.7 Å². The molecular weight excluding hydrogens is 356 g/mol. The van der Waals surface area contributed by atoms with Crippen LogP contribution in [0.3, 0.4) is 0 Å². The summed E-state index contributed by atoms with van der Waals surface area (Å²) in [6, 6.07) is 11.8. The van der Waals surface area contributed by atoms with Crippen molar-refractivity contribution in [3.05, 3.63) is 58.6 Å². The number of rotatable bonds is 7. The number of hydrogen-bond acceptors (Lipinski definition) is 4. The minimum Gasteiger partial charge on any atom is -0.493 e. The van der Waals surface area contributed by atoms with Gasteiger partial charge in [0.15, 0.2) is 11.5 Å². The average molecular weight is 377 g/mol. The van der Waals surface area contributed by atoms with Crippen molar-refractivity contribution in [1.82, 2.24) is 10.9 Å². The molecule has 26 heavy (non-hydrogen) atoms. The fourth-order valence-corrected chi connectivity index (χ4v) is 2.30. The maximum Gasteiger partial charge on any atom is 0.269 e. The molecule has 0 unspecified atom stereocenters. The average Bonchev–Trinajstić information content (AvgIpc) is 2.66. The summed E-state index contributed by atoms with van der Waals surface area (Å²) < 4.78 is 10.8. The normalized spacial score (nSPS) is 10.1. The van der Waals surface area contributed by atoms with E-state index in [-0.39, 0.29) is 12.3 Å². The molecule has 0 saturated carbocycles. The van der Waals surface area contributed by atoms with E-state index in [0.717, 1.165) is 12.0 Å². The van der Waals surface area contributed by atoms with Crippen molar-refractivity contribution < 1.29 is 19.1 Å². The lowest BCUT2D eigenvalue weighted by Gasteiger charge is -2.12. The molecule has 0 aliphatic heterocycles. The first kappa shape index (κ1) is 19.6. The summed E-state index contributed by atoms with van der Waals surface area (Å²) in [7, 11) is 1.50. The van der Waals surface area contributed by atoms with Crippen molar-refractivity contribution in [2.45, 2.75) is 19.8 Å². The maximum absolute atomic E-state index is 12.2. The van der Waals surface area contributed by atoms with Crippen LogP contribution in [0.5, 0.6) is 11.5 Å². The van der Waals surface area contributed by atoms with Crippen LogP contribution >= 0.6 is 11.6 Å². The molecule has 0 bridgehead atoms. The summed E-state index contributed by atoms with van der Waals surface area (Å²) in [4.78, 5) is 24.1. The number of ether oxygens (including phenoxy) is 2. The Morgan fingerprint density at radius 3 is 2.42 bits per heavy atom. The summed E-state index contributed by atoms with van der Waals surface area (Å²) in [5.74, 6) is 0.238. The smallest absolute Gasteiger partial charge is 0.269 e. The molecule has 6 nitrogen and oxygen atoms in total. The third-order valence-corrected chi connectivity index (χ3v) is 3.73. The van der Waals surface area contributed by atoms with E-state index in [9.17, 15) is 9.59 Å². The lowest BCUT2D eigenvalue weighted by Crippen LogP contribution is -2.42. The van der Waals surface area contributed by atoms with E-state index in [4.69, 9.17) is 21.1 Å². The van der Waals surface area contributed by atoms with Crippen LogP contribution in [0, 0.1) is 0 Å². The zero-order valence-electron chi connectivity index (χ0n) is 14.7. The Balaban J connectivity index is 1.92. The molecule has 2 aromatic carbocycles. The van der Waals surface area contributed by atoms with Crippen molar-refractivity contribution in [2.24, 2.45) is 0 Å². The van der Waals surface area contributed by atoms with E-state index in [1.165, 1.54) is 7.11 Å². The van der Waals surface area contributed by atoms with E-state index in [0.29, 0.717) is 28.7 Å². The molecule has 0 spiro atoms. The molecule has 2 N–H and O–H groups in total. The van der Waals surface area contributed by atoms with Crippen molar-refractivity contribution in [1.29, 1.82) is 0 Å². The Hall–Kier alpha value is -2.73. The Morgan fingerprint density at radius 2 is 1.77 bits per heavy atom. The molecular formula is C19H21ClN2O4. The summed E-state index contributed by atoms with van der Waals surface area (Å²) in [5.41, 5.74) is 5.91. The predicted molar refractivity (Wildman–Crippen MR) is 99.5 cm³/mol. The number of hydrazine groups is 1. The Morgan fingerprint density at radius 1 is 1.04 bits per heavy atom. The van der Waals surface area contributed by atoms with Gasteiger partial charge in [0.1, 0.15) is 0 Å². The van der Waals surface area contributed by atoms with Crippen LogP contribution in [0.1, 0.15) is 29.3 Å². The molecule has 7 heteroatoms. The van der Waals surface area contributed by atoms with Gasteiger partial charge in [0, 0.05) is 10.6 Å². The lowest BCUT2D eigenvalue weighted by molar-refractivity contribution is -0.121. The number of carbonyl (C=O) groups excluding carboxylic acids is 2. The Kier molecular flexibility index (Phi) is 7.29. The first-order chi connectivity index (χ1) is 12.5. The minimum atomic E-state index is -0.449. The van der Waals surface area contributed by atoms with Crippen LogP contribution in [0.2, 0.25) is 5.02 Å². The van der Waals surface area contributed by atoms with Crippen LogP contribution < -0.4 is 20.3 Å². The van der Waals surface area contributed by atoms with Gasteiger partial charge in [-0.1, -0.05) is 30.7 Å². The molecule has 0 aliphatic carbocycles. The van der Waals surface area contributed by atoms with E-state index in [2.05, 4.69) is 10.9 Å². The second-order valence-corrected chi connectivity index (χ2v) is 5.96. The minimum absolute atomic E-state index is 0.130. The molecule has 0 saturated heterocycles. The lowest BCUT2D eigenvalue weighted by atomic mass is 10.1. The third-order valence-electron chi connectivity index (χ3n) is 3.48. The van der Waals surface area contributed by atoms with Gasteiger partial charge in [-0.2, -0.15) is 0 Å². The standard InChI is InChI=1S/C19H21ClN2O4/c1-3-10-26-16-9-6-14(12-17(16)25-2)19(24)22-21-18(23)11-13-4-7-15(20)8-5-13/h4-9,12H,3,10-11H2,1-2H3,(H,21,23)(H,22,24). The number of benzene rings is 2. The first-order valence-electron chi connectivity index (χ1n) is 8.18. The van der Waals surface area contributed by atoms with E-state index < -0.39 is 5.91 Å². The van der Waals surface area contributed by atoms with Crippen LogP contribution in [0.15, 0.2) is 42.5 Å². The summed E-state index contributed by atoms with van der Waals surface area (Å²) in [5, 5.41) is 0.600. The number of halogens is 1. The zero-order chi connectivity index (χ0) is 18.9. The number of hydrogen-bond donors (Lipinski definition) is 2. The third kappa shape index (κ3) is 5.67. The maximum atomic E-state index is 12.2. The van der Waals surface area contributed by atoms with Gasteiger partial charge >= 0.3 is 0 Å². The highest BCUT2D eigenvalue weighted by Crippen LogP contribution is 2.28. The van der Waals surface area contributed by atoms with E-state index in [1.807, 2.05) is 6.92 Å². The van der Waals surface area contributed by atoms with Crippen molar-refractivity contribution in [3.63, 3.8) is 0 Å². The molecule has 0 radical (unpaired) electrons. The first-order valence-corrected chi connectivity index (χ1v) is 8.55. The van der Waals surface area contributed by atoms with Crippen LogP contribution in [0.4, 0.5) is 0 Å². The van der Waals surface area contributed by atoms with Gasteiger partial charge in [0.05, 0.1) is 20.1 Å². The number of carbonyl (C=O) groups is 2. The molecule has 2 amide bonds. The fourth-order valence-electron chi connectivity index (χ4n) is 2.17. The molecule has 2 rings (SSSR count). The molecule has 0 aliphatic rings. The molecule has 0 heterocycles. The SMILES string of the molecule is CCCOc1ccc(C(=O)NNC(=O)Cc2ccc(Cl)cc2)cc1OC. The van der Waals surface area contributed by atoms with E-state index >= 15 is 0 Å². The predicted octanol–water partition coefficient (Wildman–Crippen LogP) is 3.14. The van der Waals surface area contributed by atoms with Crippen LogP contribution in [0.25, 0.3) is 0 Å². The van der Waals surface area contributed by atoms with Gasteiger partial charge in [-0.05, 0) is 42.3 Å². The van der Waals surface area contributed by atoms with Gasteiger partial charge in [0.2, 0.25) is 5.91 Å². The monoisotopic (exact) mass is 376 g/mol. The Bertz CT molecular complexity index is 763. The van der Waals surface area contributed by atoms with E-state index in [1.54, 1.807) is 42.5 Å². The van der Waals surface area contributed by atoms with Gasteiger partial charge < -0.3 is 9.47 Å². The highest BCUT2D eigenvalue weighted by Gasteiger charge is 2.12. The Labute approximate surface area is 157 Å². The quantitative estimate of drug-likeness (QED) is 0.728. The molecule has 0 atom stereocenters. The molecule has 0 aromatic heterocycles. The van der Waals surface area contributed by atoms with Gasteiger partial charge in [-0.3, -0.25) is 20.4 Å². The zero-order valence-corrected chi connectivity index (χ0v) is 15.4. The molecule has 2 aromatic rings. The van der Waals surface area contributed by atoms with Crippen LogP contribution in [-0.2, 0) is 11.2 Å². The molecule has 138 valence electrons. The second kappa shape index (κ2) is 9.68. The van der Waals surface area contributed by atoms with Gasteiger partial charge in [0.25, 0.3) is 5.91 Å². The van der Waals surface area contributed by atoms with Crippen LogP contribution in [-0.4, -0.2) is 25.5 Å². The molecule has 0 fully saturated rings. The highest BCUT2D eigenvalue weighted by molar-refractivity contribution is 6.30. The number of methoxy groups -OCH3 is 1. The van der Waals surface area contributed by atoms with Gasteiger partial charge in [-0.15, -0.1) is 0 Å². The summed E-state index contributed by atoms with van der Waals surface area (Å²) in [6.45, 7) is 2.56.